The third kappa shape index (κ3) is 0.943. The first kappa shape index (κ1) is 9.41. The van der Waals surface area contributed by atoms with Crippen LogP contribution in [0.5, 0.6) is 0 Å². The van der Waals surface area contributed by atoms with Gasteiger partial charge in [-0.3, -0.25) is 4.79 Å². The van der Waals surface area contributed by atoms with Gasteiger partial charge in [0.15, 0.2) is 11.4 Å². The van der Waals surface area contributed by atoms with Crippen LogP contribution in [-0.2, 0) is 19.1 Å². The van der Waals surface area contributed by atoms with Gasteiger partial charge >= 0.3 is 5.97 Å². The summed E-state index contributed by atoms with van der Waals surface area (Å²) in [6.07, 6.45) is 3.57. The maximum atomic E-state index is 11.5. The zero-order valence-corrected chi connectivity index (χ0v) is 8.12. The van der Waals surface area contributed by atoms with Gasteiger partial charge in [-0.15, -0.1) is 0 Å². The first-order valence-electron chi connectivity index (χ1n) is 4.83. The van der Waals surface area contributed by atoms with Gasteiger partial charge in [-0.1, -0.05) is 6.08 Å². The molecule has 1 amide bonds. The van der Waals surface area contributed by atoms with Gasteiger partial charge in [0.1, 0.15) is 0 Å². The number of amides is 1. The average Bonchev–Trinajstić information content (AvgIpc) is 2.50. The number of hydrogen-bond acceptors (Lipinski definition) is 5. The van der Waals surface area contributed by atoms with E-state index in [0.29, 0.717) is 0 Å². The van der Waals surface area contributed by atoms with Gasteiger partial charge in [0, 0.05) is 5.92 Å². The fourth-order valence-electron chi connectivity index (χ4n) is 2.33. The van der Waals surface area contributed by atoms with E-state index in [1.165, 1.54) is 12.2 Å². The number of esters is 1. The van der Waals surface area contributed by atoms with Crippen LogP contribution in [0.25, 0.3) is 0 Å². The smallest absolute Gasteiger partial charge is 0.345 e. The standard InChI is InChI=1S/C10H9NO5/c11-7(12)6-3-5-4-1-2-10(5,14)9(13)16-8(4)15-6/h1-5,8,14H,(H2,11,12)/t4-,5+,8+,10-/m1/s1. The number of rotatable bonds is 1. The lowest BCUT2D eigenvalue weighted by Crippen LogP contribution is -2.55. The largest absolute Gasteiger partial charge is 0.449 e. The molecule has 6 heteroatoms. The van der Waals surface area contributed by atoms with E-state index in [1.807, 2.05) is 0 Å². The number of primary amides is 1. The van der Waals surface area contributed by atoms with E-state index in [9.17, 15) is 14.7 Å². The molecule has 1 fully saturated rings. The van der Waals surface area contributed by atoms with Crippen molar-refractivity contribution in [1.82, 2.24) is 0 Å². The molecule has 6 nitrogen and oxygen atoms in total. The Labute approximate surface area is 90.3 Å². The van der Waals surface area contributed by atoms with E-state index in [1.54, 1.807) is 6.08 Å². The molecule has 0 aromatic rings. The summed E-state index contributed by atoms with van der Waals surface area (Å²) in [4.78, 5) is 22.5. The van der Waals surface area contributed by atoms with Crippen LogP contribution in [0.15, 0.2) is 24.0 Å². The average molecular weight is 223 g/mol. The van der Waals surface area contributed by atoms with Crippen LogP contribution >= 0.6 is 0 Å². The second-order valence-corrected chi connectivity index (χ2v) is 4.07. The minimum Gasteiger partial charge on any atom is -0.449 e. The molecular formula is C10H9NO5. The van der Waals surface area contributed by atoms with E-state index < -0.39 is 29.7 Å². The molecular weight excluding hydrogens is 214 g/mol. The van der Waals surface area contributed by atoms with Gasteiger partial charge in [0.2, 0.25) is 0 Å². The van der Waals surface area contributed by atoms with Crippen molar-refractivity contribution in [2.24, 2.45) is 17.6 Å². The summed E-state index contributed by atoms with van der Waals surface area (Å²) in [7, 11) is 0. The molecule has 84 valence electrons. The summed E-state index contributed by atoms with van der Waals surface area (Å²) < 4.78 is 10.1. The van der Waals surface area contributed by atoms with Gasteiger partial charge in [-0.25, -0.2) is 4.79 Å². The molecule has 0 aromatic carbocycles. The predicted octanol–water partition coefficient (Wildman–Crippen LogP) is -1.20. The second-order valence-electron chi connectivity index (χ2n) is 4.07. The van der Waals surface area contributed by atoms with Crippen LogP contribution in [0.1, 0.15) is 0 Å². The van der Waals surface area contributed by atoms with Crippen molar-refractivity contribution in [2.75, 3.05) is 0 Å². The second kappa shape index (κ2) is 2.65. The van der Waals surface area contributed by atoms with E-state index in [-0.39, 0.29) is 11.7 Å². The Morgan fingerprint density at radius 2 is 2.25 bits per heavy atom. The van der Waals surface area contributed by atoms with Crippen molar-refractivity contribution in [2.45, 2.75) is 11.9 Å². The molecule has 3 aliphatic rings. The van der Waals surface area contributed by atoms with Gasteiger partial charge in [0.25, 0.3) is 12.2 Å². The van der Waals surface area contributed by atoms with E-state index in [2.05, 4.69) is 0 Å². The fourth-order valence-corrected chi connectivity index (χ4v) is 2.33. The maximum absolute atomic E-state index is 11.5. The van der Waals surface area contributed by atoms with Crippen LogP contribution in [0.3, 0.4) is 0 Å². The summed E-state index contributed by atoms with van der Waals surface area (Å²) in [6, 6.07) is 0. The van der Waals surface area contributed by atoms with Crippen molar-refractivity contribution >= 4 is 11.9 Å². The van der Waals surface area contributed by atoms with Crippen LogP contribution in [0, 0.1) is 11.8 Å². The molecule has 1 saturated heterocycles. The summed E-state index contributed by atoms with van der Waals surface area (Å²) in [5.41, 5.74) is 3.40. The van der Waals surface area contributed by atoms with Crippen molar-refractivity contribution in [3.63, 3.8) is 0 Å². The highest BCUT2D eigenvalue weighted by atomic mass is 16.7. The minimum atomic E-state index is -1.69. The maximum Gasteiger partial charge on any atom is 0.345 e. The Morgan fingerprint density at radius 1 is 1.50 bits per heavy atom. The van der Waals surface area contributed by atoms with Crippen LogP contribution < -0.4 is 5.73 Å². The summed E-state index contributed by atoms with van der Waals surface area (Å²) in [5.74, 6) is -2.36. The third-order valence-electron chi connectivity index (χ3n) is 3.18. The molecule has 3 rings (SSSR count). The highest BCUT2D eigenvalue weighted by molar-refractivity contribution is 5.91. The molecule has 4 bridgehead atoms. The van der Waals surface area contributed by atoms with Crippen LogP contribution in [0.4, 0.5) is 0 Å². The molecule has 2 heterocycles. The van der Waals surface area contributed by atoms with E-state index >= 15 is 0 Å². The molecule has 0 spiro atoms. The first-order valence-corrected chi connectivity index (χ1v) is 4.83. The highest BCUT2D eigenvalue weighted by Crippen LogP contribution is 2.47. The Bertz CT molecular complexity index is 454. The van der Waals surface area contributed by atoms with E-state index in [4.69, 9.17) is 15.2 Å². The Morgan fingerprint density at radius 3 is 2.94 bits per heavy atom. The molecule has 0 aromatic heterocycles. The molecule has 0 radical (unpaired) electrons. The van der Waals surface area contributed by atoms with Crippen LogP contribution in [-0.4, -0.2) is 28.9 Å². The van der Waals surface area contributed by atoms with Crippen molar-refractivity contribution in [3.8, 4) is 0 Å². The van der Waals surface area contributed by atoms with Crippen LogP contribution in [0.2, 0.25) is 0 Å². The van der Waals surface area contributed by atoms with Gasteiger partial charge in [-0.05, 0) is 12.2 Å². The molecule has 1 aliphatic carbocycles. The van der Waals surface area contributed by atoms with Gasteiger partial charge in [-0.2, -0.15) is 0 Å². The molecule has 2 aliphatic heterocycles. The summed E-state index contributed by atoms with van der Waals surface area (Å²) >= 11 is 0. The third-order valence-corrected chi connectivity index (χ3v) is 3.18. The zero-order chi connectivity index (χ0) is 11.5. The number of carbonyl (C=O) groups excluding carboxylic acids is 2. The Kier molecular flexibility index (Phi) is 1.56. The molecule has 0 unspecified atom stereocenters. The first-order chi connectivity index (χ1) is 7.52. The van der Waals surface area contributed by atoms with Crippen molar-refractivity contribution in [1.29, 1.82) is 0 Å². The normalized spacial score (nSPS) is 43.4. The van der Waals surface area contributed by atoms with Crippen molar-refractivity contribution in [3.05, 3.63) is 24.0 Å². The zero-order valence-electron chi connectivity index (χ0n) is 8.12. The number of carbonyl (C=O) groups is 2. The summed E-state index contributed by atoms with van der Waals surface area (Å²) in [6.45, 7) is 0. The quantitative estimate of drug-likeness (QED) is 0.430. The lowest BCUT2D eigenvalue weighted by Gasteiger charge is -2.41. The molecule has 3 N–H and O–H groups in total. The number of hydrogen-bond donors (Lipinski definition) is 2. The number of aliphatic hydroxyl groups is 1. The monoisotopic (exact) mass is 223 g/mol. The number of nitrogens with two attached hydrogens (primary N) is 1. The lowest BCUT2D eigenvalue weighted by atomic mass is 9.80. The lowest BCUT2D eigenvalue weighted by molar-refractivity contribution is -0.224. The van der Waals surface area contributed by atoms with Gasteiger partial charge in [0.05, 0.1) is 5.92 Å². The van der Waals surface area contributed by atoms with Gasteiger partial charge < -0.3 is 20.3 Å². The Balaban J connectivity index is 2.09. The Hall–Kier alpha value is -1.82. The topological polar surface area (TPSA) is 98.9 Å². The highest BCUT2D eigenvalue weighted by Gasteiger charge is 2.59. The summed E-state index contributed by atoms with van der Waals surface area (Å²) in [5, 5.41) is 10.1. The van der Waals surface area contributed by atoms with Crippen molar-refractivity contribution < 1.29 is 24.2 Å². The predicted molar refractivity (Wildman–Crippen MR) is 49.3 cm³/mol. The molecule has 16 heavy (non-hydrogen) atoms. The molecule has 4 atom stereocenters. The number of ether oxygens (including phenoxy) is 2. The molecule has 0 saturated carbocycles. The van der Waals surface area contributed by atoms with E-state index in [0.717, 1.165) is 0 Å². The SMILES string of the molecule is NC(=O)C1=C[C@H]2[C@H]3C=C[C@]2(O)C(=O)O[C@@H]3O1. The minimum absolute atomic E-state index is 0.0686. The fraction of sp³-hybridized carbons (Fsp3) is 0.400.